The van der Waals surface area contributed by atoms with Crippen LogP contribution in [0.2, 0.25) is 0 Å². The van der Waals surface area contributed by atoms with E-state index in [1.807, 2.05) is 7.05 Å². The van der Waals surface area contributed by atoms with E-state index in [1.54, 1.807) is 0 Å². The third kappa shape index (κ3) is 6.47. The van der Waals surface area contributed by atoms with Gasteiger partial charge in [-0.25, -0.2) is 0 Å². The second-order valence-corrected chi connectivity index (χ2v) is 7.82. The Kier molecular flexibility index (Phi) is 7.72. The minimum Gasteiger partial charge on any atom is -0.356 e. The first-order chi connectivity index (χ1) is 10.3. The van der Waals surface area contributed by atoms with E-state index in [0.29, 0.717) is 0 Å². The Morgan fingerprint density at radius 1 is 1.29 bits per heavy atom. The van der Waals surface area contributed by atoms with Crippen molar-refractivity contribution >= 4 is 17.7 Å². The lowest BCUT2D eigenvalue weighted by atomic mass is 10.0. The molecule has 4 nitrogen and oxygen atoms in total. The molecule has 2 aliphatic rings. The summed E-state index contributed by atoms with van der Waals surface area (Å²) in [4.78, 5) is 6.93. The lowest BCUT2D eigenvalue weighted by Crippen LogP contribution is -2.41. The summed E-state index contributed by atoms with van der Waals surface area (Å²) in [6.07, 6.45) is 6.70. The van der Waals surface area contributed by atoms with Crippen LogP contribution in [0.15, 0.2) is 4.99 Å². The van der Waals surface area contributed by atoms with Gasteiger partial charge in [0.25, 0.3) is 0 Å². The minimum absolute atomic E-state index is 0.776. The molecule has 2 rings (SSSR count). The lowest BCUT2D eigenvalue weighted by molar-refractivity contribution is 0.182. The maximum Gasteiger partial charge on any atom is 0.191 e. The summed E-state index contributed by atoms with van der Waals surface area (Å²) in [5.41, 5.74) is 0. The Morgan fingerprint density at radius 3 is 2.90 bits per heavy atom. The number of likely N-dealkylation sites (tertiary alicyclic amines) is 1. The molecular weight excluding hydrogens is 280 g/mol. The maximum absolute atomic E-state index is 4.32. The van der Waals surface area contributed by atoms with E-state index >= 15 is 0 Å². The summed E-state index contributed by atoms with van der Waals surface area (Å²) in [5.74, 6) is 3.17. The van der Waals surface area contributed by atoms with Crippen LogP contribution in [0.4, 0.5) is 0 Å². The van der Waals surface area contributed by atoms with Crippen molar-refractivity contribution in [3.05, 3.63) is 0 Å². The van der Waals surface area contributed by atoms with Gasteiger partial charge >= 0.3 is 0 Å². The number of rotatable bonds is 6. The topological polar surface area (TPSA) is 39.7 Å². The van der Waals surface area contributed by atoms with Crippen LogP contribution in [-0.2, 0) is 0 Å². The third-order valence-corrected chi connectivity index (χ3v) is 5.83. The van der Waals surface area contributed by atoms with E-state index in [2.05, 4.69) is 39.2 Å². The van der Waals surface area contributed by atoms with Crippen LogP contribution in [0.5, 0.6) is 0 Å². The van der Waals surface area contributed by atoms with E-state index in [1.165, 1.54) is 57.5 Å². The zero-order valence-corrected chi connectivity index (χ0v) is 14.6. The predicted molar refractivity (Wildman–Crippen MR) is 94.3 cm³/mol. The molecule has 0 bridgehead atoms. The van der Waals surface area contributed by atoms with Crippen LogP contribution < -0.4 is 10.6 Å². The monoisotopic (exact) mass is 312 g/mol. The highest BCUT2D eigenvalue weighted by Gasteiger charge is 2.16. The van der Waals surface area contributed by atoms with E-state index < -0.39 is 0 Å². The molecule has 0 radical (unpaired) electrons. The zero-order valence-electron chi connectivity index (χ0n) is 13.7. The van der Waals surface area contributed by atoms with Crippen LogP contribution >= 0.6 is 11.8 Å². The molecule has 122 valence electrons. The van der Waals surface area contributed by atoms with Crippen LogP contribution in [0.3, 0.4) is 0 Å². The van der Waals surface area contributed by atoms with Crippen molar-refractivity contribution in [3.8, 4) is 0 Å². The molecule has 2 N–H and O–H groups in total. The van der Waals surface area contributed by atoms with Gasteiger partial charge in [0.2, 0.25) is 0 Å². The van der Waals surface area contributed by atoms with Crippen molar-refractivity contribution < 1.29 is 0 Å². The first kappa shape index (κ1) is 16.9. The number of nitrogens with one attached hydrogen (secondary N) is 2. The first-order valence-corrected chi connectivity index (χ1v) is 9.61. The Balaban J connectivity index is 1.53. The smallest absolute Gasteiger partial charge is 0.191 e. The molecule has 5 heteroatoms. The summed E-state index contributed by atoms with van der Waals surface area (Å²) in [6.45, 7) is 8.22. The number of hydrogen-bond donors (Lipinski definition) is 2. The van der Waals surface area contributed by atoms with Crippen molar-refractivity contribution in [2.75, 3.05) is 45.5 Å². The molecule has 2 saturated heterocycles. The number of piperidine rings is 1. The maximum atomic E-state index is 4.32. The second kappa shape index (κ2) is 9.57. The molecule has 2 heterocycles. The van der Waals surface area contributed by atoms with Gasteiger partial charge in [-0.15, -0.1) is 0 Å². The SMILES string of the molecule is CN=C(NCCCN1CCCC(C)C1)NCC1CCCS1. The van der Waals surface area contributed by atoms with Gasteiger partial charge in [0.1, 0.15) is 0 Å². The summed E-state index contributed by atoms with van der Waals surface area (Å²) < 4.78 is 0. The quantitative estimate of drug-likeness (QED) is 0.448. The van der Waals surface area contributed by atoms with Crippen molar-refractivity contribution in [2.45, 2.75) is 44.3 Å². The fourth-order valence-electron chi connectivity index (χ4n) is 3.24. The average molecular weight is 313 g/mol. The molecule has 0 aromatic heterocycles. The van der Waals surface area contributed by atoms with Gasteiger partial charge in [-0.2, -0.15) is 11.8 Å². The molecule has 0 aromatic carbocycles. The highest BCUT2D eigenvalue weighted by atomic mass is 32.2. The Morgan fingerprint density at radius 2 is 2.19 bits per heavy atom. The molecule has 21 heavy (non-hydrogen) atoms. The normalized spacial score (nSPS) is 27.8. The highest BCUT2D eigenvalue weighted by molar-refractivity contribution is 8.00. The lowest BCUT2D eigenvalue weighted by Gasteiger charge is -2.30. The summed E-state index contributed by atoms with van der Waals surface area (Å²) >= 11 is 2.09. The molecule has 2 atom stereocenters. The van der Waals surface area contributed by atoms with Crippen LogP contribution in [0.25, 0.3) is 0 Å². The van der Waals surface area contributed by atoms with Crippen molar-refractivity contribution in [3.63, 3.8) is 0 Å². The number of thioether (sulfide) groups is 1. The number of aliphatic imine (C=N–C) groups is 1. The fraction of sp³-hybridized carbons (Fsp3) is 0.938. The standard InChI is InChI=1S/C16H32N4S/c1-14-6-3-9-20(13-14)10-5-8-18-16(17-2)19-12-15-7-4-11-21-15/h14-15H,3-13H2,1-2H3,(H2,17,18,19). The number of nitrogens with zero attached hydrogens (tertiary/aromatic N) is 2. The summed E-state index contributed by atoms with van der Waals surface area (Å²) in [7, 11) is 1.86. The van der Waals surface area contributed by atoms with Crippen LogP contribution in [0.1, 0.15) is 39.0 Å². The Bertz CT molecular complexity index is 315. The molecule has 2 aliphatic heterocycles. The molecule has 0 aliphatic carbocycles. The van der Waals surface area contributed by atoms with E-state index in [4.69, 9.17) is 0 Å². The van der Waals surface area contributed by atoms with Crippen LogP contribution in [-0.4, -0.2) is 61.6 Å². The van der Waals surface area contributed by atoms with E-state index in [0.717, 1.165) is 30.2 Å². The Hall–Kier alpha value is -0.420. The summed E-state index contributed by atoms with van der Waals surface area (Å²) in [6, 6.07) is 0. The van der Waals surface area contributed by atoms with Gasteiger partial charge in [-0.05, 0) is 56.9 Å². The molecule has 2 fully saturated rings. The van der Waals surface area contributed by atoms with Gasteiger partial charge in [-0.3, -0.25) is 4.99 Å². The van der Waals surface area contributed by atoms with Gasteiger partial charge in [0.15, 0.2) is 5.96 Å². The molecule has 0 aromatic rings. The molecule has 2 unspecified atom stereocenters. The van der Waals surface area contributed by atoms with Crippen molar-refractivity contribution in [1.82, 2.24) is 15.5 Å². The molecule has 0 saturated carbocycles. The summed E-state index contributed by atoms with van der Waals surface area (Å²) in [5, 5.41) is 7.68. The Labute approximate surface area is 134 Å². The average Bonchev–Trinajstić information content (AvgIpc) is 3.00. The number of hydrogen-bond acceptors (Lipinski definition) is 3. The van der Waals surface area contributed by atoms with Gasteiger partial charge in [-0.1, -0.05) is 6.92 Å². The van der Waals surface area contributed by atoms with Crippen molar-refractivity contribution in [1.29, 1.82) is 0 Å². The van der Waals surface area contributed by atoms with Gasteiger partial charge in [0.05, 0.1) is 0 Å². The van der Waals surface area contributed by atoms with Gasteiger partial charge < -0.3 is 15.5 Å². The minimum atomic E-state index is 0.776. The van der Waals surface area contributed by atoms with Crippen LogP contribution in [0, 0.1) is 5.92 Å². The number of guanidine groups is 1. The van der Waals surface area contributed by atoms with E-state index in [9.17, 15) is 0 Å². The zero-order chi connectivity index (χ0) is 14.9. The first-order valence-electron chi connectivity index (χ1n) is 8.56. The molecule has 0 spiro atoms. The predicted octanol–water partition coefficient (Wildman–Crippen LogP) is 2.17. The fourth-order valence-corrected chi connectivity index (χ4v) is 4.44. The molecular formula is C16H32N4S. The molecule has 0 amide bonds. The second-order valence-electron chi connectivity index (χ2n) is 6.42. The third-order valence-electron chi connectivity index (χ3n) is 4.43. The van der Waals surface area contributed by atoms with E-state index in [-0.39, 0.29) is 0 Å². The largest absolute Gasteiger partial charge is 0.356 e. The van der Waals surface area contributed by atoms with Gasteiger partial charge in [0, 0.05) is 31.9 Å². The van der Waals surface area contributed by atoms with Crippen molar-refractivity contribution in [2.24, 2.45) is 10.9 Å². The highest BCUT2D eigenvalue weighted by Crippen LogP contribution is 2.25.